The standard InChI is InChI=1S/C21H23N3O/c1-4-24(5-2)20-9-6-17(7-10-20)8-11-21-13-18(12-16(3)25-21)19(14-22)15-23/h6-13,18-19H,4-5H2,1-3H3. The largest absolute Gasteiger partial charge is 0.463 e. The highest BCUT2D eigenvalue weighted by Gasteiger charge is 2.21. The zero-order valence-electron chi connectivity index (χ0n) is 14.9. The van der Waals surface area contributed by atoms with E-state index in [1.165, 1.54) is 5.69 Å². The molecule has 1 aliphatic rings. The van der Waals surface area contributed by atoms with Gasteiger partial charge >= 0.3 is 0 Å². The topological polar surface area (TPSA) is 60.0 Å². The van der Waals surface area contributed by atoms with E-state index in [9.17, 15) is 0 Å². The number of benzene rings is 1. The molecule has 0 spiro atoms. The summed E-state index contributed by atoms with van der Waals surface area (Å²) >= 11 is 0. The molecule has 0 aromatic heterocycles. The second-order valence-corrected chi connectivity index (χ2v) is 5.86. The lowest BCUT2D eigenvalue weighted by molar-refractivity contribution is 0.302. The molecule has 1 aromatic carbocycles. The van der Waals surface area contributed by atoms with Gasteiger partial charge in [-0.2, -0.15) is 10.5 Å². The first-order chi connectivity index (χ1) is 12.1. The van der Waals surface area contributed by atoms with Gasteiger partial charge in [-0.3, -0.25) is 0 Å². The Morgan fingerprint density at radius 1 is 1.08 bits per heavy atom. The lowest BCUT2D eigenvalue weighted by Gasteiger charge is -2.21. The number of rotatable bonds is 6. The van der Waals surface area contributed by atoms with Crippen molar-refractivity contribution in [3.63, 3.8) is 0 Å². The minimum absolute atomic E-state index is 0.242. The molecule has 1 aliphatic heterocycles. The lowest BCUT2D eigenvalue weighted by Crippen LogP contribution is -2.21. The van der Waals surface area contributed by atoms with Crippen molar-refractivity contribution in [3.05, 3.63) is 59.6 Å². The van der Waals surface area contributed by atoms with Gasteiger partial charge < -0.3 is 9.64 Å². The van der Waals surface area contributed by atoms with Crippen LogP contribution in [0.25, 0.3) is 6.08 Å². The molecule has 0 saturated heterocycles. The van der Waals surface area contributed by atoms with Crippen molar-refractivity contribution in [2.75, 3.05) is 18.0 Å². The molecule has 0 bridgehead atoms. The van der Waals surface area contributed by atoms with Crippen LogP contribution in [0.15, 0.2) is 54.0 Å². The van der Waals surface area contributed by atoms with Crippen LogP contribution in [0.5, 0.6) is 0 Å². The van der Waals surface area contributed by atoms with Gasteiger partial charge in [-0.05, 0) is 56.7 Å². The fourth-order valence-electron chi connectivity index (χ4n) is 2.81. The fraction of sp³-hybridized carbons (Fsp3) is 0.333. The Kier molecular flexibility index (Phi) is 6.43. The van der Waals surface area contributed by atoms with Crippen molar-refractivity contribution in [2.24, 2.45) is 11.8 Å². The molecular weight excluding hydrogens is 310 g/mol. The molecule has 4 heteroatoms. The van der Waals surface area contributed by atoms with E-state index >= 15 is 0 Å². The molecule has 1 atom stereocenters. The van der Waals surface area contributed by atoms with Crippen LogP contribution in [-0.4, -0.2) is 13.1 Å². The maximum Gasteiger partial charge on any atom is 0.143 e. The Bertz CT molecular complexity index is 742. The minimum Gasteiger partial charge on any atom is -0.463 e. The Hall–Kier alpha value is -2.98. The molecule has 1 heterocycles. The monoisotopic (exact) mass is 333 g/mol. The number of nitrogens with zero attached hydrogens (tertiary/aromatic N) is 3. The molecule has 0 fully saturated rings. The summed E-state index contributed by atoms with van der Waals surface area (Å²) in [5.74, 6) is 0.428. The summed E-state index contributed by atoms with van der Waals surface area (Å²) in [5.41, 5.74) is 2.28. The van der Waals surface area contributed by atoms with E-state index < -0.39 is 5.92 Å². The van der Waals surface area contributed by atoms with Gasteiger partial charge in [0.1, 0.15) is 11.7 Å². The van der Waals surface area contributed by atoms with Crippen LogP contribution in [0.4, 0.5) is 5.69 Å². The van der Waals surface area contributed by atoms with Crippen LogP contribution in [0.3, 0.4) is 0 Å². The molecule has 0 N–H and O–H groups in total. The molecule has 2 rings (SSSR count). The lowest BCUT2D eigenvalue weighted by atomic mass is 9.92. The first-order valence-electron chi connectivity index (χ1n) is 8.51. The van der Waals surface area contributed by atoms with Gasteiger partial charge in [0.25, 0.3) is 0 Å². The van der Waals surface area contributed by atoms with E-state index in [1.54, 1.807) is 0 Å². The minimum atomic E-state index is -0.699. The molecule has 0 radical (unpaired) electrons. The highest BCUT2D eigenvalue weighted by atomic mass is 16.5. The molecule has 0 amide bonds. The third-order valence-electron chi connectivity index (χ3n) is 4.19. The predicted octanol–water partition coefficient (Wildman–Crippen LogP) is 4.64. The van der Waals surface area contributed by atoms with Gasteiger partial charge in [-0.15, -0.1) is 0 Å². The third-order valence-corrected chi connectivity index (χ3v) is 4.19. The van der Waals surface area contributed by atoms with Crippen LogP contribution in [0.2, 0.25) is 0 Å². The molecule has 0 aliphatic carbocycles. The van der Waals surface area contributed by atoms with Gasteiger partial charge in [-0.1, -0.05) is 18.2 Å². The van der Waals surface area contributed by atoms with E-state index in [0.29, 0.717) is 11.5 Å². The van der Waals surface area contributed by atoms with E-state index in [1.807, 2.05) is 43.4 Å². The Balaban J connectivity index is 2.13. The van der Waals surface area contributed by atoms with Gasteiger partial charge in [0, 0.05) is 24.7 Å². The summed E-state index contributed by atoms with van der Waals surface area (Å²) < 4.78 is 5.68. The number of hydrogen-bond donors (Lipinski definition) is 0. The van der Waals surface area contributed by atoms with Crippen molar-refractivity contribution < 1.29 is 4.74 Å². The molecule has 0 saturated carbocycles. The van der Waals surface area contributed by atoms with Crippen LogP contribution in [0.1, 0.15) is 26.3 Å². The number of allylic oxidation sites excluding steroid dienone is 4. The SMILES string of the molecule is CCN(CC)c1ccc(C=CC2=CC(C(C#N)C#N)C=C(C)O2)cc1. The summed E-state index contributed by atoms with van der Waals surface area (Å²) in [4.78, 5) is 2.29. The molecule has 25 heavy (non-hydrogen) atoms. The van der Waals surface area contributed by atoms with E-state index in [4.69, 9.17) is 15.3 Å². The highest BCUT2D eigenvalue weighted by molar-refractivity contribution is 5.57. The maximum absolute atomic E-state index is 9.08. The fourth-order valence-corrected chi connectivity index (χ4v) is 2.81. The Morgan fingerprint density at radius 2 is 1.72 bits per heavy atom. The van der Waals surface area contributed by atoms with Gasteiger partial charge in [0.05, 0.1) is 17.9 Å². The first-order valence-corrected chi connectivity index (χ1v) is 8.51. The summed E-state index contributed by atoms with van der Waals surface area (Å²) in [6.07, 6.45) is 7.49. The van der Waals surface area contributed by atoms with E-state index in [0.717, 1.165) is 18.7 Å². The predicted molar refractivity (Wildman–Crippen MR) is 100 cm³/mol. The maximum atomic E-state index is 9.08. The smallest absolute Gasteiger partial charge is 0.143 e. The average molecular weight is 333 g/mol. The second-order valence-electron chi connectivity index (χ2n) is 5.86. The second kappa shape index (κ2) is 8.76. The van der Waals surface area contributed by atoms with Gasteiger partial charge in [-0.25, -0.2) is 0 Å². The number of ether oxygens (including phenoxy) is 1. The van der Waals surface area contributed by atoms with Gasteiger partial charge in [0.15, 0.2) is 0 Å². The molecule has 4 nitrogen and oxygen atoms in total. The first kappa shape index (κ1) is 18.4. The summed E-state index contributed by atoms with van der Waals surface area (Å²) in [6, 6.07) is 12.4. The molecule has 128 valence electrons. The van der Waals surface area contributed by atoms with Crippen molar-refractivity contribution in [3.8, 4) is 12.1 Å². The van der Waals surface area contributed by atoms with Gasteiger partial charge in [0.2, 0.25) is 0 Å². The molecule has 1 unspecified atom stereocenters. The molecular formula is C21H23N3O. The molecule has 1 aromatic rings. The van der Waals surface area contributed by atoms with Crippen molar-refractivity contribution in [2.45, 2.75) is 20.8 Å². The summed E-state index contributed by atoms with van der Waals surface area (Å²) in [7, 11) is 0. The highest BCUT2D eigenvalue weighted by Crippen LogP contribution is 2.26. The number of nitriles is 2. The Morgan fingerprint density at radius 3 is 2.28 bits per heavy atom. The zero-order chi connectivity index (χ0) is 18.2. The van der Waals surface area contributed by atoms with Crippen LogP contribution >= 0.6 is 0 Å². The third kappa shape index (κ3) is 4.75. The summed E-state index contributed by atoms with van der Waals surface area (Å²) in [5, 5.41) is 18.2. The number of anilines is 1. The van der Waals surface area contributed by atoms with Crippen LogP contribution in [-0.2, 0) is 4.74 Å². The van der Waals surface area contributed by atoms with Crippen LogP contribution in [0, 0.1) is 34.5 Å². The number of hydrogen-bond acceptors (Lipinski definition) is 4. The van der Waals surface area contributed by atoms with Crippen LogP contribution < -0.4 is 4.90 Å². The van der Waals surface area contributed by atoms with E-state index in [2.05, 4.69) is 43.0 Å². The van der Waals surface area contributed by atoms with Crippen molar-refractivity contribution in [1.29, 1.82) is 10.5 Å². The Labute approximate surface area is 149 Å². The van der Waals surface area contributed by atoms with Crippen molar-refractivity contribution in [1.82, 2.24) is 0 Å². The zero-order valence-corrected chi connectivity index (χ0v) is 14.9. The van der Waals surface area contributed by atoms with Crippen molar-refractivity contribution >= 4 is 11.8 Å². The quantitative estimate of drug-likeness (QED) is 0.760. The normalized spacial score (nSPS) is 16.6. The average Bonchev–Trinajstić information content (AvgIpc) is 2.63. The summed E-state index contributed by atoms with van der Waals surface area (Å²) in [6.45, 7) is 8.09. The van der Waals surface area contributed by atoms with E-state index in [-0.39, 0.29) is 5.92 Å².